The summed E-state index contributed by atoms with van der Waals surface area (Å²) in [6, 6.07) is 6.91. The van der Waals surface area contributed by atoms with Crippen LogP contribution in [0.5, 0.6) is 0 Å². The standard InChI is InChI=1S/C14H17Cl2N/c1-17-11-3-2-7-14(17,8-6-11)10-4-5-12(15)13(16)9-10/h4-5,9,11H,2-3,6-8H2,1H3/t11-,14+/m1/s1. The number of fused-ring (bicyclic) bond motifs is 2. The van der Waals surface area contributed by atoms with Gasteiger partial charge in [-0.3, -0.25) is 4.90 Å². The summed E-state index contributed by atoms with van der Waals surface area (Å²) in [4.78, 5) is 2.57. The topological polar surface area (TPSA) is 3.24 Å². The van der Waals surface area contributed by atoms with Gasteiger partial charge in [0.2, 0.25) is 0 Å². The molecule has 1 aromatic rings. The van der Waals surface area contributed by atoms with Gasteiger partial charge in [0.15, 0.2) is 0 Å². The Balaban J connectivity index is 2.04. The average Bonchev–Trinajstić information content (AvgIpc) is 2.53. The molecule has 0 saturated carbocycles. The lowest BCUT2D eigenvalue weighted by Gasteiger charge is -2.43. The third-order valence-corrected chi connectivity index (χ3v) is 5.44. The highest BCUT2D eigenvalue weighted by molar-refractivity contribution is 6.42. The molecule has 92 valence electrons. The Morgan fingerprint density at radius 3 is 2.76 bits per heavy atom. The van der Waals surface area contributed by atoms with Gasteiger partial charge in [-0.25, -0.2) is 0 Å². The van der Waals surface area contributed by atoms with Crippen LogP contribution in [0, 0.1) is 0 Å². The van der Waals surface area contributed by atoms with Gasteiger partial charge < -0.3 is 0 Å². The minimum Gasteiger partial charge on any atom is -0.294 e. The van der Waals surface area contributed by atoms with Crippen molar-refractivity contribution in [3.8, 4) is 0 Å². The highest BCUT2D eigenvalue weighted by atomic mass is 35.5. The van der Waals surface area contributed by atoms with Crippen LogP contribution in [0.1, 0.15) is 37.7 Å². The third kappa shape index (κ3) is 1.71. The summed E-state index contributed by atoms with van der Waals surface area (Å²) >= 11 is 12.2. The maximum Gasteiger partial charge on any atom is 0.0595 e. The zero-order chi connectivity index (χ0) is 12.0. The minimum atomic E-state index is 0.219. The van der Waals surface area contributed by atoms with E-state index >= 15 is 0 Å². The second-order valence-corrected chi connectivity index (χ2v) is 6.17. The molecule has 17 heavy (non-hydrogen) atoms. The molecule has 0 spiro atoms. The molecule has 2 heterocycles. The number of rotatable bonds is 1. The lowest BCUT2D eigenvalue weighted by molar-refractivity contribution is 0.0805. The summed E-state index contributed by atoms with van der Waals surface area (Å²) in [5.74, 6) is 0. The molecule has 2 aliphatic rings. The van der Waals surface area contributed by atoms with E-state index in [1.165, 1.54) is 37.7 Å². The van der Waals surface area contributed by atoms with Gasteiger partial charge in [-0.05, 0) is 56.8 Å². The fourth-order valence-electron chi connectivity index (χ4n) is 3.67. The van der Waals surface area contributed by atoms with Crippen molar-refractivity contribution in [3.05, 3.63) is 33.8 Å². The van der Waals surface area contributed by atoms with Crippen molar-refractivity contribution in [2.45, 2.75) is 43.7 Å². The molecule has 0 radical (unpaired) electrons. The van der Waals surface area contributed by atoms with Gasteiger partial charge in [-0.2, -0.15) is 0 Å². The first kappa shape index (κ1) is 11.8. The van der Waals surface area contributed by atoms with Gasteiger partial charge in [0.25, 0.3) is 0 Å². The van der Waals surface area contributed by atoms with Gasteiger partial charge in [0.1, 0.15) is 0 Å². The van der Waals surface area contributed by atoms with Crippen LogP contribution in [0.2, 0.25) is 10.0 Å². The minimum absolute atomic E-state index is 0.219. The molecule has 2 bridgehead atoms. The molecule has 3 heteroatoms. The zero-order valence-corrected chi connectivity index (χ0v) is 11.6. The fraction of sp³-hybridized carbons (Fsp3) is 0.571. The Labute approximate surface area is 113 Å². The maximum atomic E-state index is 6.16. The monoisotopic (exact) mass is 269 g/mol. The lowest BCUT2D eigenvalue weighted by Crippen LogP contribution is -2.45. The third-order valence-electron chi connectivity index (χ3n) is 4.70. The van der Waals surface area contributed by atoms with Crippen LogP contribution in [-0.4, -0.2) is 18.0 Å². The molecule has 0 aromatic heterocycles. The molecule has 0 aliphatic carbocycles. The summed E-state index contributed by atoms with van der Waals surface area (Å²) < 4.78 is 0. The van der Waals surface area contributed by atoms with Gasteiger partial charge in [0.05, 0.1) is 10.0 Å². The number of piperidine rings is 1. The summed E-state index contributed by atoms with van der Waals surface area (Å²) in [5, 5.41) is 1.33. The lowest BCUT2D eigenvalue weighted by atomic mass is 9.82. The molecule has 2 fully saturated rings. The van der Waals surface area contributed by atoms with Crippen LogP contribution in [0.3, 0.4) is 0 Å². The van der Waals surface area contributed by atoms with E-state index in [0.29, 0.717) is 10.0 Å². The number of nitrogens with zero attached hydrogens (tertiary/aromatic N) is 1. The van der Waals surface area contributed by atoms with Crippen molar-refractivity contribution >= 4 is 23.2 Å². The van der Waals surface area contributed by atoms with E-state index in [0.717, 1.165) is 6.04 Å². The summed E-state index contributed by atoms with van der Waals surface area (Å²) in [7, 11) is 2.26. The van der Waals surface area contributed by atoms with Crippen molar-refractivity contribution < 1.29 is 0 Å². The van der Waals surface area contributed by atoms with E-state index in [2.05, 4.69) is 24.1 Å². The number of hydrogen-bond donors (Lipinski definition) is 0. The average molecular weight is 270 g/mol. The van der Waals surface area contributed by atoms with E-state index in [-0.39, 0.29) is 5.54 Å². The Bertz CT molecular complexity index is 442. The molecule has 1 aromatic carbocycles. The maximum absolute atomic E-state index is 6.16. The van der Waals surface area contributed by atoms with Crippen LogP contribution in [0.15, 0.2) is 18.2 Å². The second-order valence-electron chi connectivity index (χ2n) is 5.36. The van der Waals surface area contributed by atoms with Crippen LogP contribution in [-0.2, 0) is 5.54 Å². The Morgan fingerprint density at radius 1 is 1.18 bits per heavy atom. The quantitative estimate of drug-likeness (QED) is 0.727. The van der Waals surface area contributed by atoms with Crippen LogP contribution in [0.4, 0.5) is 0 Å². The fourth-order valence-corrected chi connectivity index (χ4v) is 3.97. The summed E-state index contributed by atoms with van der Waals surface area (Å²) in [6.07, 6.45) is 6.50. The number of hydrogen-bond acceptors (Lipinski definition) is 1. The van der Waals surface area contributed by atoms with Crippen molar-refractivity contribution in [2.75, 3.05) is 7.05 Å². The van der Waals surface area contributed by atoms with Crippen molar-refractivity contribution in [1.29, 1.82) is 0 Å². The first-order valence-corrected chi connectivity index (χ1v) is 7.07. The predicted octanol–water partition coefficient (Wildman–Crippen LogP) is 4.47. The summed E-state index contributed by atoms with van der Waals surface area (Å²) in [5.41, 5.74) is 1.56. The van der Waals surface area contributed by atoms with Gasteiger partial charge in [-0.15, -0.1) is 0 Å². The molecule has 3 rings (SSSR count). The SMILES string of the molecule is CN1[C@@H]2CCC[C@@]1(c1ccc(Cl)c(Cl)c1)CC2. The summed E-state index contributed by atoms with van der Waals surface area (Å²) in [6.45, 7) is 0. The van der Waals surface area contributed by atoms with E-state index in [1.54, 1.807) is 0 Å². The zero-order valence-electron chi connectivity index (χ0n) is 10.0. The first-order chi connectivity index (χ1) is 8.13. The van der Waals surface area contributed by atoms with Gasteiger partial charge in [0, 0.05) is 11.6 Å². The van der Waals surface area contributed by atoms with E-state index < -0.39 is 0 Å². The van der Waals surface area contributed by atoms with Crippen LogP contribution in [0.25, 0.3) is 0 Å². The highest BCUT2D eigenvalue weighted by Crippen LogP contribution is 2.50. The molecular formula is C14H17Cl2N. The molecule has 2 saturated heterocycles. The largest absolute Gasteiger partial charge is 0.294 e. The molecule has 2 atom stereocenters. The normalized spacial score (nSPS) is 33.0. The Kier molecular flexibility index (Phi) is 2.89. The van der Waals surface area contributed by atoms with Crippen LogP contribution < -0.4 is 0 Å². The first-order valence-electron chi connectivity index (χ1n) is 6.32. The van der Waals surface area contributed by atoms with Gasteiger partial charge >= 0.3 is 0 Å². The molecule has 0 unspecified atom stereocenters. The molecule has 1 nitrogen and oxygen atoms in total. The molecular weight excluding hydrogens is 253 g/mol. The van der Waals surface area contributed by atoms with E-state index in [1.807, 2.05) is 6.07 Å². The highest BCUT2D eigenvalue weighted by Gasteiger charge is 2.47. The number of halogens is 2. The van der Waals surface area contributed by atoms with Crippen molar-refractivity contribution in [2.24, 2.45) is 0 Å². The predicted molar refractivity (Wildman–Crippen MR) is 72.8 cm³/mol. The molecule has 2 aliphatic heterocycles. The van der Waals surface area contributed by atoms with Crippen molar-refractivity contribution in [1.82, 2.24) is 4.90 Å². The number of benzene rings is 1. The second kappa shape index (κ2) is 4.15. The Hall–Kier alpha value is -0.240. The van der Waals surface area contributed by atoms with E-state index in [4.69, 9.17) is 23.2 Å². The van der Waals surface area contributed by atoms with E-state index in [9.17, 15) is 0 Å². The Morgan fingerprint density at radius 2 is 2.00 bits per heavy atom. The molecule has 0 N–H and O–H groups in total. The van der Waals surface area contributed by atoms with Crippen LogP contribution >= 0.6 is 23.2 Å². The van der Waals surface area contributed by atoms with Crippen molar-refractivity contribution in [3.63, 3.8) is 0 Å². The van der Waals surface area contributed by atoms with Gasteiger partial charge in [-0.1, -0.05) is 29.3 Å². The smallest absolute Gasteiger partial charge is 0.0595 e. The molecule has 0 amide bonds.